The van der Waals surface area contributed by atoms with Gasteiger partial charge >= 0.3 is 0 Å². The van der Waals surface area contributed by atoms with Crippen LogP contribution in [0.5, 0.6) is 5.88 Å². The highest BCUT2D eigenvalue weighted by atomic mass is 16.5. The molecule has 5 nitrogen and oxygen atoms in total. The zero-order valence-corrected chi connectivity index (χ0v) is 10.5. The summed E-state index contributed by atoms with van der Waals surface area (Å²) < 4.78 is 5.10. The van der Waals surface area contributed by atoms with Crippen LogP contribution in [0.1, 0.15) is 12.8 Å². The summed E-state index contributed by atoms with van der Waals surface area (Å²) in [6.45, 7) is 3.21. The van der Waals surface area contributed by atoms with Crippen LogP contribution in [0.3, 0.4) is 0 Å². The quantitative estimate of drug-likeness (QED) is 0.842. The molecule has 0 amide bonds. The van der Waals surface area contributed by atoms with E-state index in [1.165, 1.54) is 12.8 Å². The van der Waals surface area contributed by atoms with Gasteiger partial charge in [-0.3, -0.25) is 4.98 Å². The van der Waals surface area contributed by atoms with Crippen molar-refractivity contribution in [2.75, 3.05) is 38.7 Å². The maximum atomic E-state index is 5.10. The maximum absolute atomic E-state index is 5.10. The standard InChI is InChI=1S/C12H20N4O/c1-13-7-10-3-5-16(6-4-10)11-8-14-9-12(15-11)17-2/h8-10,13H,3-7H2,1-2H3. The van der Waals surface area contributed by atoms with Crippen LogP contribution in [-0.4, -0.2) is 43.8 Å². The van der Waals surface area contributed by atoms with Gasteiger partial charge in [-0.25, -0.2) is 0 Å². The molecule has 1 aliphatic rings. The monoisotopic (exact) mass is 236 g/mol. The van der Waals surface area contributed by atoms with Crippen LogP contribution in [0.2, 0.25) is 0 Å². The summed E-state index contributed by atoms with van der Waals surface area (Å²) >= 11 is 0. The van der Waals surface area contributed by atoms with E-state index in [4.69, 9.17) is 4.74 Å². The number of methoxy groups -OCH3 is 1. The van der Waals surface area contributed by atoms with Crippen molar-refractivity contribution >= 4 is 5.82 Å². The lowest BCUT2D eigenvalue weighted by Gasteiger charge is -2.32. The Balaban J connectivity index is 1.95. The van der Waals surface area contributed by atoms with E-state index >= 15 is 0 Å². The van der Waals surface area contributed by atoms with Crippen LogP contribution in [-0.2, 0) is 0 Å². The van der Waals surface area contributed by atoms with Crippen molar-refractivity contribution in [2.45, 2.75) is 12.8 Å². The van der Waals surface area contributed by atoms with Gasteiger partial charge in [-0.1, -0.05) is 0 Å². The lowest BCUT2D eigenvalue weighted by atomic mass is 9.97. The van der Waals surface area contributed by atoms with E-state index in [9.17, 15) is 0 Å². The van der Waals surface area contributed by atoms with Gasteiger partial charge < -0.3 is 15.0 Å². The predicted octanol–water partition coefficient (Wildman–Crippen LogP) is 0.921. The normalized spacial score (nSPS) is 17.2. The Labute approximate surface area is 102 Å². The summed E-state index contributed by atoms with van der Waals surface area (Å²) in [4.78, 5) is 10.8. The zero-order valence-electron chi connectivity index (χ0n) is 10.5. The molecule has 1 aliphatic heterocycles. The van der Waals surface area contributed by atoms with Gasteiger partial charge in [-0.05, 0) is 32.4 Å². The highest BCUT2D eigenvalue weighted by molar-refractivity contribution is 5.37. The Hall–Kier alpha value is -1.36. The summed E-state index contributed by atoms with van der Waals surface area (Å²) in [6.07, 6.45) is 5.86. The van der Waals surface area contributed by atoms with E-state index in [-0.39, 0.29) is 0 Å². The van der Waals surface area contributed by atoms with Crippen molar-refractivity contribution in [3.8, 4) is 5.88 Å². The largest absolute Gasteiger partial charge is 0.480 e. The van der Waals surface area contributed by atoms with Crippen LogP contribution in [0.4, 0.5) is 5.82 Å². The Morgan fingerprint density at radius 2 is 2.18 bits per heavy atom. The molecule has 0 saturated carbocycles. The van der Waals surface area contributed by atoms with E-state index in [1.54, 1.807) is 19.5 Å². The summed E-state index contributed by atoms with van der Waals surface area (Å²) in [5.74, 6) is 2.29. The third-order valence-electron chi connectivity index (χ3n) is 3.24. The third kappa shape index (κ3) is 3.06. The molecule has 94 valence electrons. The van der Waals surface area contributed by atoms with Gasteiger partial charge in [-0.15, -0.1) is 0 Å². The second kappa shape index (κ2) is 5.82. The van der Waals surface area contributed by atoms with E-state index in [1.807, 2.05) is 7.05 Å². The molecule has 1 aromatic heterocycles. The van der Waals surface area contributed by atoms with Crippen molar-refractivity contribution in [3.05, 3.63) is 12.4 Å². The van der Waals surface area contributed by atoms with Crippen LogP contribution >= 0.6 is 0 Å². The molecule has 0 radical (unpaired) electrons. The average Bonchev–Trinajstić information content (AvgIpc) is 2.40. The molecule has 0 atom stereocenters. The van der Waals surface area contributed by atoms with Crippen molar-refractivity contribution in [3.63, 3.8) is 0 Å². The number of anilines is 1. The summed E-state index contributed by atoms with van der Waals surface area (Å²) in [6, 6.07) is 0. The molecular formula is C12H20N4O. The first-order chi connectivity index (χ1) is 8.33. The minimum Gasteiger partial charge on any atom is -0.480 e. The average molecular weight is 236 g/mol. The molecule has 5 heteroatoms. The first-order valence-electron chi connectivity index (χ1n) is 6.09. The van der Waals surface area contributed by atoms with Crippen molar-refractivity contribution < 1.29 is 4.74 Å². The van der Waals surface area contributed by atoms with Gasteiger partial charge in [0.2, 0.25) is 5.88 Å². The number of rotatable bonds is 4. The van der Waals surface area contributed by atoms with Gasteiger partial charge in [0, 0.05) is 13.1 Å². The number of nitrogens with zero attached hydrogens (tertiary/aromatic N) is 3. The lowest BCUT2D eigenvalue weighted by molar-refractivity contribution is 0.383. The van der Waals surface area contributed by atoms with Gasteiger partial charge in [-0.2, -0.15) is 4.98 Å². The molecule has 0 spiro atoms. The highest BCUT2D eigenvalue weighted by Crippen LogP contribution is 2.21. The minimum absolute atomic E-state index is 0.583. The van der Waals surface area contributed by atoms with Gasteiger partial charge in [0.15, 0.2) is 5.82 Å². The highest BCUT2D eigenvalue weighted by Gasteiger charge is 2.19. The fourth-order valence-corrected chi connectivity index (χ4v) is 2.24. The van der Waals surface area contributed by atoms with E-state index in [0.29, 0.717) is 5.88 Å². The van der Waals surface area contributed by atoms with Gasteiger partial charge in [0.05, 0.1) is 19.5 Å². The Morgan fingerprint density at radius 1 is 1.41 bits per heavy atom. The fraction of sp³-hybridized carbons (Fsp3) is 0.667. The van der Waals surface area contributed by atoms with Gasteiger partial charge in [0.25, 0.3) is 0 Å². The van der Waals surface area contributed by atoms with Crippen LogP contribution < -0.4 is 15.0 Å². The third-order valence-corrected chi connectivity index (χ3v) is 3.24. The van der Waals surface area contributed by atoms with Gasteiger partial charge in [0.1, 0.15) is 0 Å². The molecule has 0 bridgehead atoms. The van der Waals surface area contributed by atoms with Crippen molar-refractivity contribution in [1.29, 1.82) is 0 Å². The number of ether oxygens (including phenoxy) is 1. The molecular weight excluding hydrogens is 216 g/mol. The summed E-state index contributed by atoms with van der Waals surface area (Å²) in [5.41, 5.74) is 0. The Kier molecular flexibility index (Phi) is 4.14. The molecule has 1 saturated heterocycles. The zero-order chi connectivity index (χ0) is 12.1. The minimum atomic E-state index is 0.583. The maximum Gasteiger partial charge on any atom is 0.233 e. The number of nitrogens with one attached hydrogen (secondary N) is 1. The first kappa shape index (κ1) is 12.1. The number of aromatic nitrogens is 2. The first-order valence-corrected chi connectivity index (χ1v) is 6.09. The van der Waals surface area contributed by atoms with Crippen molar-refractivity contribution in [1.82, 2.24) is 15.3 Å². The molecule has 1 N–H and O–H groups in total. The Morgan fingerprint density at radius 3 is 2.82 bits per heavy atom. The molecule has 0 unspecified atom stereocenters. The number of piperidine rings is 1. The number of hydrogen-bond donors (Lipinski definition) is 1. The summed E-state index contributed by atoms with van der Waals surface area (Å²) in [7, 11) is 3.63. The predicted molar refractivity (Wildman–Crippen MR) is 67.4 cm³/mol. The van der Waals surface area contributed by atoms with Crippen molar-refractivity contribution in [2.24, 2.45) is 5.92 Å². The van der Waals surface area contributed by atoms with Crippen LogP contribution in [0.25, 0.3) is 0 Å². The molecule has 17 heavy (non-hydrogen) atoms. The second-order valence-corrected chi connectivity index (χ2v) is 4.41. The smallest absolute Gasteiger partial charge is 0.233 e. The van der Waals surface area contributed by atoms with E-state index in [0.717, 1.165) is 31.4 Å². The summed E-state index contributed by atoms with van der Waals surface area (Å²) in [5, 5.41) is 3.24. The van der Waals surface area contributed by atoms with Crippen LogP contribution in [0, 0.1) is 5.92 Å². The topological polar surface area (TPSA) is 50.3 Å². The second-order valence-electron chi connectivity index (χ2n) is 4.41. The van der Waals surface area contributed by atoms with E-state index < -0.39 is 0 Å². The Bertz CT molecular complexity index is 350. The molecule has 1 fully saturated rings. The van der Waals surface area contributed by atoms with E-state index in [2.05, 4.69) is 20.2 Å². The number of hydrogen-bond acceptors (Lipinski definition) is 5. The molecule has 0 aliphatic carbocycles. The lowest BCUT2D eigenvalue weighted by Crippen LogP contribution is -2.37. The molecule has 2 heterocycles. The fourth-order valence-electron chi connectivity index (χ4n) is 2.24. The SMILES string of the molecule is CNCC1CCN(c2cncc(OC)n2)CC1. The molecule has 1 aromatic rings. The molecule has 0 aromatic carbocycles. The van der Waals surface area contributed by atoms with Crippen LogP contribution in [0.15, 0.2) is 12.4 Å². The molecule has 2 rings (SSSR count).